The quantitative estimate of drug-likeness (QED) is 0.583. The molecule has 0 unspecified atom stereocenters. The van der Waals surface area contributed by atoms with Gasteiger partial charge in [0.25, 0.3) is 5.56 Å². The third-order valence-electron chi connectivity index (χ3n) is 5.51. The number of fused-ring (bicyclic) bond motifs is 1. The van der Waals surface area contributed by atoms with Gasteiger partial charge < -0.3 is 14.8 Å². The molecule has 4 heterocycles. The standard InChI is InChI=1S/C21H24BrFN4OS/c1-14-10-17(29-21(14)22)13-24-16-4-6-26(7-5-16)8-9-27-19-11-15(23)12-25-18(19)2-3-20(27)28/h2-3,10-12,16,24H,4-9,13H2,1H3. The van der Waals surface area contributed by atoms with Gasteiger partial charge >= 0.3 is 0 Å². The predicted octanol–water partition coefficient (Wildman–Crippen LogP) is 3.92. The molecule has 3 aromatic heterocycles. The Morgan fingerprint density at radius 2 is 2.07 bits per heavy atom. The fraction of sp³-hybridized carbons (Fsp3) is 0.429. The molecule has 8 heteroatoms. The first-order valence-electron chi connectivity index (χ1n) is 9.85. The van der Waals surface area contributed by atoms with E-state index < -0.39 is 5.82 Å². The predicted molar refractivity (Wildman–Crippen MR) is 119 cm³/mol. The molecule has 0 aliphatic carbocycles. The minimum absolute atomic E-state index is 0.112. The lowest BCUT2D eigenvalue weighted by molar-refractivity contribution is 0.191. The van der Waals surface area contributed by atoms with Gasteiger partial charge in [0.1, 0.15) is 5.82 Å². The van der Waals surface area contributed by atoms with Crippen LogP contribution in [0.15, 0.2) is 39.0 Å². The highest BCUT2D eigenvalue weighted by Gasteiger charge is 2.19. The number of halogens is 2. The molecule has 1 fully saturated rings. The second-order valence-corrected chi connectivity index (χ2v) is 10.0. The van der Waals surface area contributed by atoms with Crippen LogP contribution in [0.4, 0.5) is 4.39 Å². The molecule has 0 radical (unpaired) electrons. The summed E-state index contributed by atoms with van der Waals surface area (Å²) in [5.41, 5.74) is 2.38. The third-order valence-corrected chi connectivity index (χ3v) is 7.64. The van der Waals surface area contributed by atoms with Crippen molar-refractivity contribution in [3.05, 3.63) is 60.9 Å². The first-order valence-corrected chi connectivity index (χ1v) is 11.5. The Morgan fingerprint density at radius 3 is 2.79 bits per heavy atom. The van der Waals surface area contributed by atoms with Crippen molar-refractivity contribution in [2.75, 3.05) is 19.6 Å². The Morgan fingerprint density at radius 1 is 1.28 bits per heavy atom. The topological polar surface area (TPSA) is 50.2 Å². The van der Waals surface area contributed by atoms with Crippen molar-refractivity contribution in [2.24, 2.45) is 0 Å². The van der Waals surface area contributed by atoms with Gasteiger partial charge in [-0.05, 0) is 66.5 Å². The molecule has 3 aromatic rings. The van der Waals surface area contributed by atoms with Gasteiger partial charge in [0.2, 0.25) is 0 Å². The summed E-state index contributed by atoms with van der Waals surface area (Å²) < 4.78 is 16.5. The summed E-state index contributed by atoms with van der Waals surface area (Å²) >= 11 is 5.38. The highest BCUT2D eigenvalue weighted by atomic mass is 79.9. The molecule has 5 nitrogen and oxygen atoms in total. The Balaban J connectivity index is 1.30. The number of nitrogens with zero attached hydrogens (tertiary/aromatic N) is 3. The van der Waals surface area contributed by atoms with Crippen LogP contribution < -0.4 is 10.9 Å². The maximum atomic E-state index is 13.6. The maximum absolute atomic E-state index is 13.6. The van der Waals surface area contributed by atoms with Gasteiger partial charge in [0, 0.05) is 42.7 Å². The summed E-state index contributed by atoms with van der Waals surface area (Å²) in [6, 6.07) is 7.30. The number of piperidine rings is 1. The van der Waals surface area contributed by atoms with Crippen molar-refractivity contribution in [2.45, 2.75) is 38.9 Å². The van der Waals surface area contributed by atoms with E-state index in [4.69, 9.17) is 0 Å². The van der Waals surface area contributed by atoms with Crippen molar-refractivity contribution in [1.82, 2.24) is 19.8 Å². The molecular formula is C21H24BrFN4OS. The van der Waals surface area contributed by atoms with Gasteiger partial charge in [-0.3, -0.25) is 9.78 Å². The van der Waals surface area contributed by atoms with E-state index in [0.29, 0.717) is 23.6 Å². The summed E-state index contributed by atoms with van der Waals surface area (Å²) in [6.45, 7) is 6.34. The number of aryl methyl sites for hydroxylation is 1. The molecule has 1 N–H and O–H groups in total. The first kappa shape index (κ1) is 20.7. The van der Waals surface area contributed by atoms with E-state index in [-0.39, 0.29) is 5.56 Å². The molecule has 1 aliphatic rings. The molecular weight excluding hydrogens is 455 g/mol. The lowest BCUT2D eigenvalue weighted by atomic mass is 10.1. The molecule has 0 saturated carbocycles. The normalized spacial score (nSPS) is 16.0. The Bertz CT molecular complexity index is 1040. The summed E-state index contributed by atoms with van der Waals surface area (Å²) in [7, 11) is 0. The highest BCUT2D eigenvalue weighted by Crippen LogP contribution is 2.27. The molecule has 0 spiro atoms. The smallest absolute Gasteiger partial charge is 0.251 e. The number of hydrogen-bond acceptors (Lipinski definition) is 5. The first-order chi connectivity index (χ1) is 14.0. The van der Waals surface area contributed by atoms with E-state index in [9.17, 15) is 9.18 Å². The van der Waals surface area contributed by atoms with Crippen LogP contribution in [0.1, 0.15) is 23.3 Å². The Hall–Kier alpha value is -1.61. The average molecular weight is 479 g/mol. The van der Waals surface area contributed by atoms with Crippen molar-refractivity contribution >= 4 is 38.3 Å². The Kier molecular flexibility index (Phi) is 6.44. The molecule has 1 aliphatic heterocycles. The fourth-order valence-corrected chi connectivity index (χ4v) is 5.41. The van der Waals surface area contributed by atoms with Gasteiger partial charge in [-0.15, -0.1) is 11.3 Å². The van der Waals surface area contributed by atoms with Crippen molar-refractivity contribution < 1.29 is 4.39 Å². The van der Waals surface area contributed by atoms with Crippen LogP contribution in [0.5, 0.6) is 0 Å². The van der Waals surface area contributed by atoms with E-state index in [1.165, 1.54) is 32.6 Å². The van der Waals surface area contributed by atoms with E-state index in [1.807, 2.05) is 0 Å². The van der Waals surface area contributed by atoms with E-state index in [0.717, 1.165) is 39.0 Å². The van der Waals surface area contributed by atoms with Crippen LogP contribution in [0.2, 0.25) is 0 Å². The monoisotopic (exact) mass is 478 g/mol. The van der Waals surface area contributed by atoms with Crippen molar-refractivity contribution in [1.29, 1.82) is 0 Å². The van der Waals surface area contributed by atoms with Gasteiger partial charge in [-0.2, -0.15) is 0 Å². The lowest BCUT2D eigenvalue weighted by Gasteiger charge is -2.32. The summed E-state index contributed by atoms with van der Waals surface area (Å²) in [4.78, 5) is 20.1. The molecule has 154 valence electrons. The van der Waals surface area contributed by atoms with Crippen LogP contribution >= 0.6 is 27.3 Å². The number of aromatic nitrogens is 2. The number of hydrogen-bond donors (Lipinski definition) is 1. The van der Waals surface area contributed by atoms with E-state index >= 15 is 0 Å². The number of thiophene rings is 1. The fourth-order valence-electron chi connectivity index (χ4n) is 3.83. The molecule has 0 bridgehead atoms. The van der Waals surface area contributed by atoms with E-state index in [1.54, 1.807) is 22.0 Å². The molecule has 1 saturated heterocycles. The Labute approximate surface area is 181 Å². The number of rotatable bonds is 6. The SMILES string of the molecule is Cc1cc(CNC2CCN(CCn3c(=O)ccc4ncc(F)cc43)CC2)sc1Br. The van der Waals surface area contributed by atoms with Crippen LogP contribution in [0.3, 0.4) is 0 Å². The molecule has 0 atom stereocenters. The van der Waals surface area contributed by atoms with Crippen LogP contribution in [-0.4, -0.2) is 40.1 Å². The third kappa shape index (κ3) is 4.94. The van der Waals surface area contributed by atoms with Crippen molar-refractivity contribution in [3.63, 3.8) is 0 Å². The summed E-state index contributed by atoms with van der Waals surface area (Å²) in [5.74, 6) is -0.420. The molecule has 0 aromatic carbocycles. The largest absolute Gasteiger partial charge is 0.309 e. The zero-order chi connectivity index (χ0) is 20.4. The lowest BCUT2D eigenvalue weighted by Crippen LogP contribution is -2.43. The second kappa shape index (κ2) is 9.04. The number of likely N-dealkylation sites (tertiary alicyclic amines) is 1. The van der Waals surface area contributed by atoms with Gasteiger partial charge in [-0.25, -0.2) is 4.39 Å². The van der Waals surface area contributed by atoms with Crippen LogP contribution in [-0.2, 0) is 13.1 Å². The van der Waals surface area contributed by atoms with Gasteiger partial charge in [-0.1, -0.05) is 0 Å². The number of nitrogens with one attached hydrogen (secondary N) is 1. The maximum Gasteiger partial charge on any atom is 0.251 e. The minimum atomic E-state index is -0.420. The van der Waals surface area contributed by atoms with Gasteiger partial charge in [0.15, 0.2) is 0 Å². The molecule has 29 heavy (non-hydrogen) atoms. The van der Waals surface area contributed by atoms with Crippen LogP contribution in [0, 0.1) is 12.7 Å². The summed E-state index contributed by atoms with van der Waals surface area (Å²) in [5, 5.41) is 3.67. The zero-order valence-electron chi connectivity index (χ0n) is 16.3. The van der Waals surface area contributed by atoms with Gasteiger partial charge in [0.05, 0.1) is 21.0 Å². The molecule has 0 amide bonds. The minimum Gasteiger partial charge on any atom is -0.309 e. The number of pyridine rings is 2. The summed E-state index contributed by atoms with van der Waals surface area (Å²) in [6.07, 6.45) is 3.36. The molecule has 4 rings (SSSR count). The second-order valence-electron chi connectivity index (χ2n) is 7.55. The zero-order valence-corrected chi connectivity index (χ0v) is 18.7. The van der Waals surface area contributed by atoms with Crippen molar-refractivity contribution in [3.8, 4) is 0 Å². The van der Waals surface area contributed by atoms with Crippen LogP contribution in [0.25, 0.3) is 11.0 Å². The average Bonchev–Trinajstić information content (AvgIpc) is 3.04. The highest BCUT2D eigenvalue weighted by molar-refractivity contribution is 9.11. The van der Waals surface area contributed by atoms with E-state index in [2.05, 4.69) is 44.1 Å².